The zero-order chi connectivity index (χ0) is 12.4. The van der Waals surface area contributed by atoms with Gasteiger partial charge in [0.1, 0.15) is 11.9 Å². The van der Waals surface area contributed by atoms with Gasteiger partial charge in [-0.15, -0.1) is 0 Å². The molecule has 1 N–H and O–H groups in total. The minimum atomic E-state index is -0.742. The van der Waals surface area contributed by atoms with Crippen LogP contribution in [0.1, 0.15) is 17.4 Å². The summed E-state index contributed by atoms with van der Waals surface area (Å²) >= 11 is 5.93. The molecule has 0 spiro atoms. The molecule has 1 aromatic heterocycles. The number of halogens is 1. The highest BCUT2D eigenvalue weighted by Crippen LogP contribution is 2.30. The lowest BCUT2D eigenvalue weighted by molar-refractivity contribution is 0.209. The van der Waals surface area contributed by atoms with E-state index in [0.29, 0.717) is 10.8 Å². The zero-order valence-electron chi connectivity index (χ0n) is 9.59. The van der Waals surface area contributed by atoms with E-state index < -0.39 is 6.10 Å². The molecule has 0 aliphatic heterocycles. The van der Waals surface area contributed by atoms with Gasteiger partial charge < -0.3 is 9.84 Å². The van der Waals surface area contributed by atoms with E-state index in [0.717, 1.165) is 11.3 Å². The van der Waals surface area contributed by atoms with Crippen LogP contribution < -0.4 is 4.74 Å². The molecule has 1 aromatic carbocycles. The Bertz CT molecular complexity index is 525. The molecular weight excluding hydrogens is 240 g/mol. The van der Waals surface area contributed by atoms with E-state index in [4.69, 9.17) is 16.3 Å². The molecule has 0 amide bonds. The summed E-state index contributed by atoms with van der Waals surface area (Å²) in [4.78, 5) is 0. The number of nitrogens with zero attached hydrogens (tertiary/aromatic N) is 2. The van der Waals surface area contributed by atoms with Gasteiger partial charge in [-0.2, -0.15) is 5.10 Å². The number of methoxy groups -OCH3 is 1. The topological polar surface area (TPSA) is 47.3 Å². The molecule has 17 heavy (non-hydrogen) atoms. The van der Waals surface area contributed by atoms with Gasteiger partial charge in [0.2, 0.25) is 0 Å². The van der Waals surface area contributed by atoms with Crippen LogP contribution in [-0.4, -0.2) is 22.0 Å². The fourth-order valence-electron chi connectivity index (χ4n) is 1.67. The third-order valence-corrected chi connectivity index (χ3v) is 2.94. The van der Waals surface area contributed by atoms with Crippen molar-refractivity contribution in [3.8, 4) is 5.75 Å². The number of aliphatic hydroxyl groups excluding tert-OH is 1. The quantitative estimate of drug-likeness (QED) is 0.911. The van der Waals surface area contributed by atoms with E-state index >= 15 is 0 Å². The predicted molar refractivity (Wildman–Crippen MR) is 65.3 cm³/mol. The van der Waals surface area contributed by atoms with Crippen LogP contribution >= 0.6 is 11.6 Å². The minimum Gasteiger partial charge on any atom is -0.495 e. The third-order valence-electron chi connectivity index (χ3n) is 2.63. The number of aryl methyl sites for hydroxylation is 1. The second-order valence-corrected chi connectivity index (χ2v) is 4.08. The molecule has 0 aliphatic rings. The standard InChI is InChI=1S/C12H13ClN2O2/c1-15-10(5-6-14-15)12(16)8-3-4-9(13)11(7-8)17-2/h3-7,12,16H,1-2H3. The lowest BCUT2D eigenvalue weighted by Crippen LogP contribution is -2.06. The van der Waals surface area contributed by atoms with E-state index in [-0.39, 0.29) is 0 Å². The van der Waals surface area contributed by atoms with Crippen molar-refractivity contribution in [2.24, 2.45) is 7.05 Å². The van der Waals surface area contributed by atoms with Crippen molar-refractivity contribution >= 4 is 11.6 Å². The smallest absolute Gasteiger partial charge is 0.137 e. The first kappa shape index (κ1) is 12.0. The van der Waals surface area contributed by atoms with Crippen LogP contribution in [0, 0.1) is 0 Å². The number of aromatic nitrogens is 2. The average molecular weight is 253 g/mol. The molecule has 0 bridgehead atoms. The van der Waals surface area contributed by atoms with Gasteiger partial charge >= 0.3 is 0 Å². The summed E-state index contributed by atoms with van der Waals surface area (Å²) in [5.74, 6) is 0.547. The van der Waals surface area contributed by atoms with Crippen molar-refractivity contribution in [3.05, 3.63) is 46.7 Å². The molecular formula is C12H13ClN2O2. The highest BCUT2D eigenvalue weighted by atomic mass is 35.5. The molecule has 1 unspecified atom stereocenters. The Labute approximate surface area is 104 Å². The molecule has 0 radical (unpaired) electrons. The van der Waals surface area contributed by atoms with E-state index in [1.54, 1.807) is 49.3 Å². The fraction of sp³-hybridized carbons (Fsp3) is 0.250. The molecule has 2 aromatic rings. The molecule has 0 fully saturated rings. The molecule has 1 atom stereocenters. The minimum absolute atomic E-state index is 0.522. The summed E-state index contributed by atoms with van der Waals surface area (Å²) < 4.78 is 6.75. The lowest BCUT2D eigenvalue weighted by atomic mass is 10.1. The Morgan fingerprint density at radius 1 is 1.41 bits per heavy atom. The van der Waals surface area contributed by atoms with Crippen LogP contribution in [0.15, 0.2) is 30.5 Å². The van der Waals surface area contributed by atoms with Gasteiger partial charge in [0.15, 0.2) is 0 Å². The normalized spacial score (nSPS) is 12.5. The molecule has 90 valence electrons. The number of aliphatic hydroxyl groups is 1. The van der Waals surface area contributed by atoms with E-state index in [9.17, 15) is 5.11 Å². The van der Waals surface area contributed by atoms with Crippen molar-refractivity contribution in [3.63, 3.8) is 0 Å². The molecule has 2 rings (SSSR count). The number of rotatable bonds is 3. The van der Waals surface area contributed by atoms with Gasteiger partial charge in [-0.25, -0.2) is 0 Å². The molecule has 0 saturated carbocycles. The molecule has 1 heterocycles. The number of benzene rings is 1. The van der Waals surface area contributed by atoms with Crippen LogP contribution in [0.2, 0.25) is 5.02 Å². The fourth-order valence-corrected chi connectivity index (χ4v) is 1.86. The van der Waals surface area contributed by atoms with Gasteiger partial charge in [0.25, 0.3) is 0 Å². The number of ether oxygens (including phenoxy) is 1. The van der Waals surface area contributed by atoms with Crippen LogP contribution in [0.5, 0.6) is 5.75 Å². The van der Waals surface area contributed by atoms with Gasteiger partial charge in [-0.1, -0.05) is 17.7 Å². The Kier molecular flexibility index (Phi) is 3.36. The van der Waals surface area contributed by atoms with Crippen LogP contribution in [0.25, 0.3) is 0 Å². The summed E-state index contributed by atoms with van der Waals surface area (Å²) in [6.07, 6.45) is 0.903. The van der Waals surface area contributed by atoms with Crippen molar-refractivity contribution in [1.29, 1.82) is 0 Å². The first-order chi connectivity index (χ1) is 8.13. The van der Waals surface area contributed by atoms with Gasteiger partial charge in [-0.3, -0.25) is 4.68 Å². The first-order valence-corrected chi connectivity index (χ1v) is 5.50. The zero-order valence-corrected chi connectivity index (χ0v) is 10.3. The summed E-state index contributed by atoms with van der Waals surface area (Å²) in [6.45, 7) is 0. The van der Waals surface area contributed by atoms with E-state index in [1.807, 2.05) is 0 Å². The van der Waals surface area contributed by atoms with Crippen LogP contribution in [-0.2, 0) is 7.05 Å². The SMILES string of the molecule is COc1cc(C(O)c2ccnn2C)ccc1Cl. The summed E-state index contributed by atoms with van der Waals surface area (Å²) in [7, 11) is 3.33. The second-order valence-electron chi connectivity index (χ2n) is 3.68. The maximum Gasteiger partial charge on any atom is 0.137 e. The Hall–Kier alpha value is -1.52. The lowest BCUT2D eigenvalue weighted by Gasteiger charge is -2.13. The maximum atomic E-state index is 10.2. The largest absolute Gasteiger partial charge is 0.495 e. The average Bonchev–Trinajstić information content (AvgIpc) is 2.75. The van der Waals surface area contributed by atoms with E-state index in [1.165, 1.54) is 0 Å². The summed E-state index contributed by atoms with van der Waals surface area (Å²) in [6, 6.07) is 6.96. The second kappa shape index (κ2) is 4.77. The van der Waals surface area contributed by atoms with Crippen molar-refractivity contribution in [1.82, 2.24) is 9.78 Å². The monoisotopic (exact) mass is 252 g/mol. The van der Waals surface area contributed by atoms with Crippen LogP contribution in [0.4, 0.5) is 0 Å². The Balaban J connectivity index is 2.38. The third kappa shape index (κ3) is 2.28. The molecule has 0 aliphatic carbocycles. The van der Waals surface area contributed by atoms with Crippen molar-refractivity contribution in [2.45, 2.75) is 6.10 Å². The van der Waals surface area contributed by atoms with Crippen molar-refractivity contribution < 1.29 is 9.84 Å². The summed E-state index contributed by atoms with van der Waals surface area (Å²) in [5.41, 5.74) is 1.43. The van der Waals surface area contributed by atoms with Crippen LogP contribution in [0.3, 0.4) is 0 Å². The number of hydrogen-bond donors (Lipinski definition) is 1. The molecule has 5 heteroatoms. The van der Waals surface area contributed by atoms with E-state index in [2.05, 4.69) is 5.10 Å². The predicted octanol–water partition coefficient (Wildman–Crippen LogP) is 2.16. The highest BCUT2D eigenvalue weighted by Gasteiger charge is 2.15. The summed E-state index contributed by atoms with van der Waals surface area (Å²) in [5, 5.41) is 14.8. The molecule has 4 nitrogen and oxygen atoms in total. The highest BCUT2D eigenvalue weighted by molar-refractivity contribution is 6.32. The van der Waals surface area contributed by atoms with Gasteiger partial charge in [-0.05, 0) is 23.8 Å². The van der Waals surface area contributed by atoms with Gasteiger partial charge in [0.05, 0.1) is 17.8 Å². The Morgan fingerprint density at radius 2 is 2.18 bits per heavy atom. The number of hydrogen-bond acceptors (Lipinski definition) is 3. The first-order valence-electron chi connectivity index (χ1n) is 5.13. The van der Waals surface area contributed by atoms with Crippen molar-refractivity contribution in [2.75, 3.05) is 7.11 Å². The maximum absolute atomic E-state index is 10.2. The molecule has 0 saturated heterocycles. The van der Waals surface area contributed by atoms with Gasteiger partial charge in [0, 0.05) is 13.2 Å². The Morgan fingerprint density at radius 3 is 2.76 bits per heavy atom.